The summed E-state index contributed by atoms with van der Waals surface area (Å²) >= 11 is 0. The summed E-state index contributed by atoms with van der Waals surface area (Å²) in [6.45, 7) is 0. The summed E-state index contributed by atoms with van der Waals surface area (Å²) in [5.74, 6) is 0. The maximum absolute atomic E-state index is 6.22. The SMILES string of the molecule is c1cnc2c(c1)oc1ccc(-c3ccc4oc5ccc(-c6ccc7oc8cccnc8c7c6)cc5c4c3)cc12. The van der Waals surface area contributed by atoms with E-state index >= 15 is 0 Å². The van der Waals surface area contributed by atoms with Crippen LogP contribution in [0.5, 0.6) is 0 Å². The molecule has 0 fully saturated rings. The van der Waals surface area contributed by atoms with E-state index in [0.717, 1.165) is 88.3 Å². The third kappa shape index (κ3) is 3.01. The van der Waals surface area contributed by atoms with Crippen molar-refractivity contribution in [1.82, 2.24) is 9.97 Å². The topological polar surface area (TPSA) is 65.2 Å². The summed E-state index contributed by atoms with van der Waals surface area (Å²) in [4.78, 5) is 9.08. The fourth-order valence-electron chi connectivity index (χ4n) is 5.69. The molecule has 0 radical (unpaired) electrons. The molecule has 5 nitrogen and oxygen atoms in total. The molecule has 0 saturated carbocycles. The van der Waals surface area contributed by atoms with Crippen LogP contribution >= 0.6 is 0 Å². The lowest BCUT2D eigenvalue weighted by Crippen LogP contribution is -1.80. The van der Waals surface area contributed by atoms with E-state index in [0.29, 0.717) is 0 Å². The molecular formula is C34H18N2O3. The van der Waals surface area contributed by atoms with Gasteiger partial charge in [-0.2, -0.15) is 0 Å². The average molecular weight is 503 g/mol. The molecule has 0 N–H and O–H groups in total. The second-order valence-electron chi connectivity index (χ2n) is 9.85. The van der Waals surface area contributed by atoms with Crippen molar-refractivity contribution in [3.63, 3.8) is 0 Å². The molecule has 0 spiro atoms. The fourth-order valence-corrected chi connectivity index (χ4v) is 5.69. The monoisotopic (exact) mass is 502 g/mol. The minimum absolute atomic E-state index is 0.797. The van der Waals surface area contributed by atoms with Gasteiger partial charge in [0.2, 0.25) is 0 Å². The van der Waals surface area contributed by atoms with E-state index in [9.17, 15) is 0 Å². The minimum Gasteiger partial charge on any atom is -0.456 e. The van der Waals surface area contributed by atoms with Crippen molar-refractivity contribution < 1.29 is 13.3 Å². The zero-order chi connectivity index (χ0) is 25.5. The number of rotatable bonds is 2. The Morgan fingerprint density at radius 3 is 1.15 bits per heavy atom. The zero-order valence-electron chi connectivity index (χ0n) is 20.5. The minimum atomic E-state index is 0.797. The van der Waals surface area contributed by atoms with Crippen LogP contribution in [0, 0.1) is 0 Å². The normalized spacial score (nSPS) is 12.1. The highest BCUT2D eigenvalue weighted by Crippen LogP contribution is 2.38. The Labute approximate surface area is 220 Å². The Hall–Kier alpha value is -5.42. The van der Waals surface area contributed by atoms with Crippen LogP contribution in [-0.2, 0) is 0 Å². The van der Waals surface area contributed by atoms with Crippen LogP contribution in [0.4, 0.5) is 0 Å². The molecule has 0 atom stereocenters. The van der Waals surface area contributed by atoms with E-state index < -0.39 is 0 Å². The first kappa shape index (κ1) is 20.6. The predicted octanol–water partition coefficient (Wildman–Crippen LogP) is 9.51. The van der Waals surface area contributed by atoms with Crippen LogP contribution in [0.25, 0.3) is 88.3 Å². The maximum Gasteiger partial charge on any atom is 0.153 e. The quantitative estimate of drug-likeness (QED) is 0.235. The van der Waals surface area contributed by atoms with Gasteiger partial charge in [0.15, 0.2) is 11.2 Å². The lowest BCUT2D eigenvalue weighted by Gasteiger charge is -2.04. The number of nitrogens with zero attached hydrogens (tertiary/aromatic N) is 2. The van der Waals surface area contributed by atoms with E-state index in [2.05, 4.69) is 70.6 Å². The van der Waals surface area contributed by atoms with Gasteiger partial charge in [-0.3, -0.25) is 9.97 Å². The summed E-state index contributed by atoms with van der Waals surface area (Å²) < 4.78 is 18.2. The lowest BCUT2D eigenvalue weighted by molar-refractivity contribution is 0.668. The van der Waals surface area contributed by atoms with E-state index in [1.807, 2.05) is 36.4 Å². The van der Waals surface area contributed by atoms with E-state index in [-0.39, 0.29) is 0 Å². The molecule has 4 aromatic carbocycles. The van der Waals surface area contributed by atoms with Crippen LogP contribution in [0.2, 0.25) is 0 Å². The van der Waals surface area contributed by atoms with Crippen LogP contribution in [0.1, 0.15) is 0 Å². The smallest absolute Gasteiger partial charge is 0.153 e. The Morgan fingerprint density at radius 2 is 0.718 bits per heavy atom. The van der Waals surface area contributed by atoms with Gasteiger partial charge in [-0.05, 0) is 95.1 Å². The Bertz CT molecular complexity index is 2240. The summed E-state index contributed by atoms with van der Waals surface area (Å²) in [5.41, 5.74) is 11.2. The summed E-state index contributed by atoms with van der Waals surface area (Å²) in [5, 5.41) is 4.19. The largest absolute Gasteiger partial charge is 0.456 e. The molecular weight excluding hydrogens is 484 g/mol. The number of hydrogen-bond acceptors (Lipinski definition) is 5. The second kappa shape index (κ2) is 7.55. The highest BCUT2D eigenvalue weighted by molar-refractivity contribution is 6.09. The standard InChI is InChI=1S/C34H18N2O3/c1-3-31-33(35-13-1)25-17-21(7-11-29(25)38-31)19-5-9-27-23(15-19)24-16-20(6-10-28(24)37-27)22-8-12-30-26(18-22)34-32(39-30)4-2-14-36-34/h1-18H. The molecule has 0 aliphatic rings. The molecule has 0 aliphatic carbocycles. The molecule has 5 heterocycles. The van der Waals surface area contributed by atoms with E-state index in [4.69, 9.17) is 13.3 Å². The highest BCUT2D eigenvalue weighted by Gasteiger charge is 2.14. The molecule has 9 aromatic rings. The van der Waals surface area contributed by atoms with Gasteiger partial charge in [-0.15, -0.1) is 0 Å². The van der Waals surface area contributed by atoms with Gasteiger partial charge in [0.05, 0.1) is 0 Å². The third-order valence-electron chi connectivity index (χ3n) is 7.59. The Morgan fingerprint density at radius 1 is 0.359 bits per heavy atom. The van der Waals surface area contributed by atoms with E-state index in [1.165, 1.54) is 0 Å². The van der Waals surface area contributed by atoms with Crippen molar-refractivity contribution in [2.45, 2.75) is 0 Å². The Balaban J connectivity index is 1.20. The maximum atomic E-state index is 6.22. The first-order chi connectivity index (χ1) is 19.3. The number of pyridine rings is 2. The molecule has 9 rings (SSSR count). The number of fused-ring (bicyclic) bond motifs is 9. The van der Waals surface area contributed by atoms with Crippen molar-refractivity contribution in [3.8, 4) is 22.3 Å². The lowest BCUT2D eigenvalue weighted by atomic mass is 9.99. The molecule has 0 bridgehead atoms. The van der Waals surface area contributed by atoms with Crippen molar-refractivity contribution in [2.24, 2.45) is 0 Å². The van der Waals surface area contributed by atoms with Gasteiger partial charge in [0.25, 0.3) is 0 Å². The van der Waals surface area contributed by atoms with Crippen LogP contribution in [0.3, 0.4) is 0 Å². The molecule has 0 unspecified atom stereocenters. The highest BCUT2D eigenvalue weighted by atomic mass is 16.3. The fraction of sp³-hybridized carbons (Fsp3) is 0. The van der Waals surface area contributed by atoms with Crippen molar-refractivity contribution in [1.29, 1.82) is 0 Å². The molecule has 182 valence electrons. The first-order valence-electron chi connectivity index (χ1n) is 12.8. The molecule has 0 saturated heterocycles. The summed E-state index contributed by atoms with van der Waals surface area (Å²) in [6, 6.07) is 33.0. The van der Waals surface area contributed by atoms with Gasteiger partial charge >= 0.3 is 0 Å². The van der Waals surface area contributed by atoms with Crippen molar-refractivity contribution >= 4 is 66.1 Å². The molecule has 5 heteroatoms. The second-order valence-corrected chi connectivity index (χ2v) is 9.85. The third-order valence-corrected chi connectivity index (χ3v) is 7.59. The molecule has 0 amide bonds. The Kier molecular flexibility index (Phi) is 3.99. The predicted molar refractivity (Wildman–Crippen MR) is 155 cm³/mol. The average Bonchev–Trinajstić information content (AvgIpc) is 3.66. The van der Waals surface area contributed by atoms with Crippen LogP contribution < -0.4 is 0 Å². The summed E-state index contributed by atoms with van der Waals surface area (Å²) in [6.07, 6.45) is 3.60. The van der Waals surface area contributed by atoms with Gasteiger partial charge < -0.3 is 13.3 Å². The number of benzene rings is 4. The first-order valence-corrected chi connectivity index (χ1v) is 12.8. The van der Waals surface area contributed by atoms with Crippen LogP contribution in [0.15, 0.2) is 123 Å². The van der Waals surface area contributed by atoms with E-state index in [1.54, 1.807) is 12.4 Å². The number of furan rings is 3. The zero-order valence-corrected chi connectivity index (χ0v) is 20.5. The summed E-state index contributed by atoms with van der Waals surface area (Å²) in [7, 11) is 0. The number of aromatic nitrogens is 2. The molecule has 5 aromatic heterocycles. The molecule has 0 aliphatic heterocycles. The van der Waals surface area contributed by atoms with Crippen molar-refractivity contribution in [2.75, 3.05) is 0 Å². The van der Waals surface area contributed by atoms with Gasteiger partial charge in [0.1, 0.15) is 33.4 Å². The molecule has 39 heavy (non-hydrogen) atoms. The van der Waals surface area contributed by atoms with Crippen molar-refractivity contribution in [3.05, 3.63) is 109 Å². The number of hydrogen-bond donors (Lipinski definition) is 0. The van der Waals surface area contributed by atoms with Gasteiger partial charge in [0, 0.05) is 33.9 Å². The van der Waals surface area contributed by atoms with Gasteiger partial charge in [-0.25, -0.2) is 0 Å². The van der Waals surface area contributed by atoms with Crippen LogP contribution in [-0.4, -0.2) is 9.97 Å². The van der Waals surface area contributed by atoms with Gasteiger partial charge in [-0.1, -0.05) is 24.3 Å².